The summed E-state index contributed by atoms with van der Waals surface area (Å²) in [5.74, 6) is 0.422. The molecule has 21 heavy (non-hydrogen) atoms. The molecule has 0 radical (unpaired) electrons. The highest BCUT2D eigenvalue weighted by Crippen LogP contribution is 2.36. The number of aliphatic hydroxyl groups excluding tert-OH is 1. The summed E-state index contributed by atoms with van der Waals surface area (Å²) in [6, 6.07) is 6.29. The fourth-order valence-electron chi connectivity index (χ4n) is 4.17. The van der Waals surface area contributed by atoms with Gasteiger partial charge in [0.15, 0.2) is 0 Å². The molecule has 0 bridgehead atoms. The topological polar surface area (TPSA) is 40.5 Å². The molecule has 3 nitrogen and oxygen atoms in total. The van der Waals surface area contributed by atoms with Crippen LogP contribution in [0.25, 0.3) is 0 Å². The first-order chi connectivity index (χ1) is 10.1. The van der Waals surface area contributed by atoms with E-state index in [0.29, 0.717) is 0 Å². The molecule has 1 N–H and O–H groups in total. The lowest BCUT2D eigenvalue weighted by Gasteiger charge is -2.31. The van der Waals surface area contributed by atoms with E-state index < -0.39 is 0 Å². The van der Waals surface area contributed by atoms with Crippen LogP contribution in [-0.2, 0) is 0 Å². The van der Waals surface area contributed by atoms with Gasteiger partial charge in [-0.2, -0.15) is 0 Å². The molecule has 2 fully saturated rings. The van der Waals surface area contributed by atoms with E-state index in [9.17, 15) is 9.90 Å². The molecule has 3 heteroatoms. The maximum absolute atomic E-state index is 12.9. The van der Waals surface area contributed by atoms with Gasteiger partial charge in [-0.1, -0.05) is 23.6 Å². The number of aliphatic hydroxyl groups is 1. The number of aryl methyl sites for hydroxylation is 2. The number of benzene rings is 1. The zero-order chi connectivity index (χ0) is 15.0. The van der Waals surface area contributed by atoms with Gasteiger partial charge in [0.05, 0.1) is 6.10 Å². The molecule has 1 saturated carbocycles. The van der Waals surface area contributed by atoms with Crippen molar-refractivity contribution in [3.8, 4) is 0 Å². The Morgan fingerprint density at radius 1 is 1.10 bits per heavy atom. The molecule has 1 aromatic carbocycles. The highest BCUT2D eigenvalue weighted by atomic mass is 16.3. The van der Waals surface area contributed by atoms with Gasteiger partial charge >= 0.3 is 0 Å². The highest BCUT2D eigenvalue weighted by Gasteiger charge is 2.40. The summed E-state index contributed by atoms with van der Waals surface area (Å²) in [5, 5.41) is 10.2. The predicted octanol–water partition coefficient (Wildman–Crippen LogP) is 3.07. The van der Waals surface area contributed by atoms with Crippen LogP contribution in [0.1, 0.15) is 53.6 Å². The third kappa shape index (κ3) is 2.84. The van der Waals surface area contributed by atoms with E-state index in [1.807, 2.05) is 30.9 Å². The van der Waals surface area contributed by atoms with Gasteiger partial charge in [-0.05, 0) is 51.7 Å². The average molecular weight is 287 g/mol. The van der Waals surface area contributed by atoms with Crippen molar-refractivity contribution in [3.63, 3.8) is 0 Å². The zero-order valence-electron chi connectivity index (χ0n) is 13.0. The number of carbonyl (C=O) groups is 1. The molecule has 1 amide bonds. The quantitative estimate of drug-likeness (QED) is 0.908. The molecule has 3 rings (SSSR count). The molecule has 1 aliphatic carbocycles. The number of nitrogens with zero attached hydrogens (tertiary/aromatic N) is 1. The summed E-state index contributed by atoms with van der Waals surface area (Å²) in [5.41, 5.74) is 3.07. The van der Waals surface area contributed by atoms with Crippen LogP contribution < -0.4 is 0 Å². The van der Waals surface area contributed by atoms with E-state index in [4.69, 9.17) is 0 Å². The summed E-state index contributed by atoms with van der Waals surface area (Å²) in [4.78, 5) is 14.9. The maximum atomic E-state index is 12.9. The molecule has 1 heterocycles. The molecule has 1 aliphatic heterocycles. The first kappa shape index (κ1) is 14.6. The molecule has 114 valence electrons. The van der Waals surface area contributed by atoms with E-state index in [1.54, 1.807) is 0 Å². The van der Waals surface area contributed by atoms with Gasteiger partial charge in [0.1, 0.15) is 0 Å². The smallest absolute Gasteiger partial charge is 0.254 e. The van der Waals surface area contributed by atoms with Crippen molar-refractivity contribution in [3.05, 3.63) is 34.9 Å². The Hall–Kier alpha value is -1.35. The third-order valence-electron chi connectivity index (χ3n) is 5.05. The van der Waals surface area contributed by atoms with Crippen molar-refractivity contribution in [2.45, 2.75) is 58.1 Å². The van der Waals surface area contributed by atoms with Crippen LogP contribution in [0.2, 0.25) is 0 Å². The zero-order valence-corrected chi connectivity index (χ0v) is 13.0. The van der Waals surface area contributed by atoms with Gasteiger partial charge in [0.25, 0.3) is 5.91 Å². The number of likely N-dealkylation sites (tertiary alicyclic amines) is 1. The minimum Gasteiger partial charge on any atom is -0.393 e. The van der Waals surface area contributed by atoms with Gasteiger partial charge < -0.3 is 10.0 Å². The molecule has 1 aromatic rings. The fraction of sp³-hybridized carbons (Fsp3) is 0.611. The molecule has 2 aliphatic rings. The van der Waals surface area contributed by atoms with Crippen LogP contribution in [-0.4, -0.2) is 34.6 Å². The molecule has 0 aromatic heterocycles. The van der Waals surface area contributed by atoms with Gasteiger partial charge in [-0.3, -0.25) is 4.79 Å². The Kier molecular flexibility index (Phi) is 4.03. The first-order valence-corrected chi connectivity index (χ1v) is 8.13. The molecule has 0 spiro atoms. The Bertz CT molecular complexity index is 520. The van der Waals surface area contributed by atoms with Crippen LogP contribution in [0.3, 0.4) is 0 Å². The largest absolute Gasteiger partial charge is 0.393 e. The normalized spacial score (nSPS) is 29.1. The van der Waals surface area contributed by atoms with E-state index in [-0.39, 0.29) is 24.0 Å². The van der Waals surface area contributed by atoms with Gasteiger partial charge in [-0.25, -0.2) is 0 Å². The van der Waals surface area contributed by atoms with Gasteiger partial charge in [0.2, 0.25) is 0 Å². The first-order valence-electron chi connectivity index (χ1n) is 8.13. The van der Waals surface area contributed by atoms with E-state index in [2.05, 4.69) is 6.07 Å². The van der Waals surface area contributed by atoms with E-state index in [1.165, 1.54) is 0 Å². The van der Waals surface area contributed by atoms with Crippen LogP contribution in [0.4, 0.5) is 0 Å². The number of carbonyl (C=O) groups excluding carboxylic acids is 1. The van der Waals surface area contributed by atoms with Crippen molar-refractivity contribution in [1.29, 1.82) is 0 Å². The van der Waals surface area contributed by atoms with E-state index >= 15 is 0 Å². The van der Waals surface area contributed by atoms with Crippen molar-refractivity contribution in [1.82, 2.24) is 4.90 Å². The van der Waals surface area contributed by atoms with Crippen molar-refractivity contribution >= 4 is 5.91 Å². The second-order valence-electron chi connectivity index (χ2n) is 6.75. The lowest BCUT2D eigenvalue weighted by molar-refractivity contribution is 0.0527. The molecular weight excluding hydrogens is 262 g/mol. The van der Waals surface area contributed by atoms with Crippen LogP contribution >= 0.6 is 0 Å². The summed E-state index contributed by atoms with van der Waals surface area (Å²) in [6.07, 6.45) is 4.92. The standard InChI is InChI=1S/C18H25NO2/c1-12-9-13(2)11-14(10-12)18(21)19-8-4-6-16(19)15-5-3-7-17(15)20/h9-11,15-17,20H,3-8H2,1-2H3. The SMILES string of the molecule is Cc1cc(C)cc(C(=O)N2CCCC2C2CCCC2O)c1. The third-order valence-corrected chi connectivity index (χ3v) is 5.05. The Morgan fingerprint density at radius 3 is 2.43 bits per heavy atom. The molecular formula is C18H25NO2. The van der Waals surface area contributed by atoms with Crippen molar-refractivity contribution in [2.24, 2.45) is 5.92 Å². The van der Waals surface area contributed by atoms with Crippen molar-refractivity contribution in [2.75, 3.05) is 6.54 Å². The average Bonchev–Trinajstić information content (AvgIpc) is 3.04. The molecule has 1 saturated heterocycles. The second kappa shape index (κ2) is 5.80. The number of hydrogen-bond acceptors (Lipinski definition) is 2. The van der Waals surface area contributed by atoms with Crippen LogP contribution in [0, 0.1) is 19.8 Å². The van der Waals surface area contributed by atoms with Gasteiger partial charge in [-0.15, -0.1) is 0 Å². The molecule has 3 atom stereocenters. The second-order valence-corrected chi connectivity index (χ2v) is 6.75. The van der Waals surface area contributed by atoms with Crippen LogP contribution in [0.15, 0.2) is 18.2 Å². The highest BCUT2D eigenvalue weighted by molar-refractivity contribution is 5.95. The predicted molar refractivity (Wildman–Crippen MR) is 83.3 cm³/mol. The fourth-order valence-corrected chi connectivity index (χ4v) is 4.17. The summed E-state index contributed by atoms with van der Waals surface area (Å²) >= 11 is 0. The van der Waals surface area contributed by atoms with E-state index in [0.717, 1.165) is 55.3 Å². The Balaban J connectivity index is 1.82. The number of rotatable bonds is 2. The minimum atomic E-state index is -0.220. The Labute approximate surface area is 127 Å². The van der Waals surface area contributed by atoms with Gasteiger partial charge in [0, 0.05) is 24.1 Å². The molecule has 3 unspecified atom stereocenters. The number of amides is 1. The number of hydrogen-bond donors (Lipinski definition) is 1. The lowest BCUT2D eigenvalue weighted by Crippen LogP contribution is -2.42. The minimum absolute atomic E-state index is 0.142. The van der Waals surface area contributed by atoms with Crippen molar-refractivity contribution < 1.29 is 9.90 Å². The summed E-state index contributed by atoms with van der Waals surface area (Å²) in [6.45, 7) is 4.90. The Morgan fingerprint density at radius 2 is 1.81 bits per heavy atom. The lowest BCUT2D eigenvalue weighted by atomic mass is 9.93. The maximum Gasteiger partial charge on any atom is 0.254 e. The van der Waals surface area contributed by atoms with Crippen LogP contribution in [0.5, 0.6) is 0 Å². The monoisotopic (exact) mass is 287 g/mol. The summed E-state index contributed by atoms with van der Waals surface area (Å²) < 4.78 is 0. The summed E-state index contributed by atoms with van der Waals surface area (Å²) in [7, 11) is 0.